The number of nitrogens with two attached hydrogens (primary N) is 2. The summed E-state index contributed by atoms with van der Waals surface area (Å²) in [6, 6.07) is -3.50. The monoisotopic (exact) mass is 401 g/mol. The topological polar surface area (TPSA) is 194 Å². The number of nitrogens with one attached hydrogen (secondary N) is 3. The molecule has 4 atom stereocenters. The molecule has 0 aromatic carbocycles. The van der Waals surface area contributed by atoms with Crippen LogP contribution in [0.2, 0.25) is 0 Å². The van der Waals surface area contributed by atoms with Crippen LogP contribution in [0.1, 0.15) is 40.5 Å². The molecule has 11 nitrogen and oxygen atoms in total. The number of aliphatic carboxylic acids is 1. The van der Waals surface area contributed by atoms with E-state index < -0.39 is 60.1 Å². The van der Waals surface area contributed by atoms with Gasteiger partial charge in [0.05, 0.1) is 13.0 Å². The lowest BCUT2D eigenvalue weighted by molar-refractivity contribution is -0.144. The highest BCUT2D eigenvalue weighted by atomic mass is 16.4. The Morgan fingerprint density at radius 1 is 0.929 bits per heavy atom. The molecule has 8 N–H and O–H groups in total. The van der Waals surface area contributed by atoms with Crippen LogP contribution in [0.3, 0.4) is 0 Å². The SMILES string of the molecule is CCC(C)C(NC(=O)CN)C(=O)NC(C(=O)NC(CC(N)=O)C(=O)O)C(C)C. The molecule has 0 spiro atoms. The number of carboxylic acids is 1. The summed E-state index contributed by atoms with van der Waals surface area (Å²) >= 11 is 0. The van der Waals surface area contributed by atoms with Crippen LogP contribution in [0.25, 0.3) is 0 Å². The van der Waals surface area contributed by atoms with E-state index >= 15 is 0 Å². The van der Waals surface area contributed by atoms with Gasteiger partial charge in [0.15, 0.2) is 0 Å². The largest absolute Gasteiger partial charge is 0.480 e. The predicted molar refractivity (Wildman–Crippen MR) is 101 cm³/mol. The Kier molecular flexibility index (Phi) is 10.8. The number of carboxylic acid groups (broad SMARTS) is 1. The molecule has 0 bridgehead atoms. The molecule has 4 unspecified atom stereocenters. The smallest absolute Gasteiger partial charge is 0.326 e. The maximum atomic E-state index is 12.7. The Hall–Kier alpha value is -2.69. The second kappa shape index (κ2) is 11.9. The van der Waals surface area contributed by atoms with Crippen molar-refractivity contribution in [1.29, 1.82) is 0 Å². The number of carbonyl (C=O) groups excluding carboxylic acids is 4. The van der Waals surface area contributed by atoms with Crippen molar-refractivity contribution in [1.82, 2.24) is 16.0 Å². The van der Waals surface area contributed by atoms with E-state index in [4.69, 9.17) is 16.6 Å². The first-order valence-electron chi connectivity index (χ1n) is 9.05. The standard InChI is InChI=1S/C17H31N5O6/c1-5-9(4)14(21-12(24)7-18)16(26)22-13(8(2)3)15(25)20-10(17(27)28)6-11(19)23/h8-10,13-14H,5-7,18H2,1-4H3,(H2,19,23)(H,20,25)(H,21,24)(H,22,26)(H,27,28). The van der Waals surface area contributed by atoms with Crippen molar-refractivity contribution in [2.45, 2.75) is 58.7 Å². The fourth-order valence-electron chi connectivity index (χ4n) is 2.38. The summed E-state index contributed by atoms with van der Waals surface area (Å²) in [7, 11) is 0. The molecular weight excluding hydrogens is 370 g/mol. The van der Waals surface area contributed by atoms with E-state index in [-0.39, 0.29) is 12.5 Å². The molecule has 160 valence electrons. The average Bonchev–Trinajstić information content (AvgIpc) is 2.61. The summed E-state index contributed by atoms with van der Waals surface area (Å²) in [5.74, 6) is -4.81. The van der Waals surface area contributed by atoms with Crippen molar-refractivity contribution in [3.8, 4) is 0 Å². The van der Waals surface area contributed by atoms with Gasteiger partial charge >= 0.3 is 5.97 Å². The highest BCUT2D eigenvalue weighted by molar-refractivity contribution is 5.94. The molecule has 0 saturated carbocycles. The van der Waals surface area contributed by atoms with Crippen molar-refractivity contribution in [2.75, 3.05) is 6.54 Å². The van der Waals surface area contributed by atoms with Crippen LogP contribution in [0.4, 0.5) is 0 Å². The van der Waals surface area contributed by atoms with Gasteiger partial charge in [0, 0.05) is 0 Å². The molecule has 0 aromatic rings. The molecule has 4 amide bonds. The fraction of sp³-hybridized carbons (Fsp3) is 0.706. The van der Waals surface area contributed by atoms with Crippen molar-refractivity contribution >= 4 is 29.6 Å². The number of hydrogen-bond acceptors (Lipinski definition) is 6. The molecule has 0 aliphatic rings. The van der Waals surface area contributed by atoms with Crippen molar-refractivity contribution < 1.29 is 29.1 Å². The minimum Gasteiger partial charge on any atom is -0.480 e. The van der Waals surface area contributed by atoms with Gasteiger partial charge in [0.25, 0.3) is 0 Å². The van der Waals surface area contributed by atoms with Crippen LogP contribution in [-0.2, 0) is 24.0 Å². The Bertz CT molecular complexity index is 595. The molecule has 0 aliphatic heterocycles. The summed E-state index contributed by atoms with van der Waals surface area (Å²) in [6.07, 6.45) is 0.00304. The molecule has 0 rings (SSSR count). The fourth-order valence-corrected chi connectivity index (χ4v) is 2.38. The summed E-state index contributed by atoms with van der Waals surface area (Å²) in [5, 5.41) is 16.4. The number of amides is 4. The van der Waals surface area contributed by atoms with E-state index in [9.17, 15) is 24.0 Å². The highest BCUT2D eigenvalue weighted by Gasteiger charge is 2.33. The quantitative estimate of drug-likeness (QED) is 0.219. The number of rotatable bonds is 12. The highest BCUT2D eigenvalue weighted by Crippen LogP contribution is 2.10. The summed E-state index contributed by atoms with van der Waals surface area (Å²) in [6.45, 7) is 6.63. The van der Waals surface area contributed by atoms with Crippen LogP contribution in [0.15, 0.2) is 0 Å². The third-order valence-corrected chi connectivity index (χ3v) is 4.26. The normalized spacial score (nSPS) is 15.1. The van der Waals surface area contributed by atoms with Gasteiger partial charge in [-0.05, 0) is 11.8 Å². The minimum absolute atomic E-state index is 0.229. The van der Waals surface area contributed by atoms with E-state index in [0.29, 0.717) is 6.42 Å². The molecule has 28 heavy (non-hydrogen) atoms. The van der Waals surface area contributed by atoms with E-state index in [1.165, 1.54) is 0 Å². The molecule has 0 saturated heterocycles. The van der Waals surface area contributed by atoms with Crippen LogP contribution in [-0.4, -0.2) is 59.4 Å². The lowest BCUT2D eigenvalue weighted by atomic mass is 9.96. The molecule has 0 fully saturated rings. The molecule has 11 heteroatoms. The first-order valence-corrected chi connectivity index (χ1v) is 9.05. The van der Waals surface area contributed by atoms with Crippen LogP contribution < -0.4 is 27.4 Å². The van der Waals surface area contributed by atoms with Gasteiger partial charge in [-0.3, -0.25) is 19.2 Å². The van der Waals surface area contributed by atoms with E-state index in [1.807, 2.05) is 6.92 Å². The molecular formula is C17H31N5O6. The lowest BCUT2D eigenvalue weighted by Crippen LogP contribution is -2.59. The van der Waals surface area contributed by atoms with Gasteiger partial charge in [-0.25, -0.2) is 4.79 Å². The zero-order chi connectivity index (χ0) is 22.0. The van der Waals surface area contributed by atoms with Gasteiger partial charge in [-0.15, -0.1) is 0 Å². The molecule has 0 aromatic heterocycles. The second-order valence-electron chi connectivity index (χ2n) is 6.93. The molecule has 0 heterocycles. The first-order chi connectivity index (χ1) is 12.9. The summed E-state index contributed by atoms with van der Waals surface area (Å²) in [4.78, 5) is 59.0. The van der Waals surface area contributed by atoms with Crippen molar-refractivity contribution in [3.63, 3.8) is 0 Å². The number of primary amides is 1. The Morgan fingerprint density at radius 2 is 1.46 bits per heavy atom. The van der Waals surface area contributed by atoms with E-state index in [2.05, 4.69) is 16.0 Å². The van der Waals surface area contributed by atoms with Crippen LogP contribution in [0, 0.1) is 11.8 Å². The van der Waals surface area contributed by atoms with Gasteiger partial charge in [-0.2, -0.15) is 0 Å². The van der Waals surface area contributed by atoms with Crippen LogP contribution in [0.5, 0.6) is 0 Å². The minimum atomic E-state index is -1.51. The van der Waals surface area contributed by atoms with Gasteiger partial charge in [-0.1, -0.05) is 34.1 Å². The van der Waals surface area contributed by atoms with Crippen molar-refractivity contribution in [2.24, 2.45) is 23.3 Å². The third-order valence-electron chi connectivity index (χ3n) is 4.26. The van der Waals surface area contributed by atoms with Gasteiger partial charge in [0.1, 0.15) is 18.1 Å². The third kappa shape index (κ3) is 8.33. The number of hydrogen-bond donors (Lipinski definition) is 6. The van der Waals surface area contributed by atoms with E-state index in [0.717, 1.165) is 0 Å². The number of carbonyl (C=O) groups is 5. The van der Waals surface area contributed by atoms with Crippen molar-refractivity contribution in [3.05, 3.63) is 0 Å². The Labute approximate surface area is 164 Å². The average molecular weight is 401 g/mol. The Balaban J connectivity index is 5.36. The van der Waals surface area contributed by atoms with Crippen LogP contribution >= 0.6 is 0 Å². The molecule has 0 aliphatic carbocycles. The summed E-state index contributed by atoms with van der Waals surface area (Å²) in [5.41, 5.74) is 10.3. The van der Waals surface area contributed by atoms with E-state index in [1.54, 1.807) is 20.8 Å². The van der Waals surface area contributed by atoms with Gasteiger partial charge < -0.3 is 32.5 Å². The predicted octanol–water partition coefficient (Wildman–Crippen LogP) is -1.94. The lowest BCUT2D eigenvalue weighted by Gasteiger charge is -2.28. The second-order valence-corrected chi connectivity index (χ2v) is 6.93. The first kappa shape index (κ1) is 25.3. The maximum Gasteiger partial charge on any atom is 0.326 e. The van der Waals surface area contributed by atoms with Gasteiger partial charge in [0.2, 0.25) is 23.6 Å². The Morgan fingerprint density at radius 3 is 1.86 bits per heavy atom. The molecule has 0 radical (unpaired) electrons. The maximum absolute atomic E-state index is 12.7. The zero-order valence-corrected chi connectivity index (χ0v) is 16.7. The zero-order valence-electron chi connectivity index (χ0n) is 16.7. The summed E-state index contributed by atoms with van der Waals surface area (Å²) < 4.78 is 0.